The summed E-state index contributed by atoms with van der Waals surface area (Å²) in [5.74, 6) is -1.69. The molecule has 0 saturated heterocycles. The Kier molecular flexibility index (Phi) is 4.94. The molecule has 2 aromatic rings. The number of amides is 1. The third-order valence-electron chi connectivity index (χ3n) is 3.12. The predicted octanol–water partition coefficient (Wildman–Crippen LogP) is 3.46. The zero-order chi connectivity index (χ0) is 17.1. The molecule has 23 heavy (non-hydrogen) atoms. The topological polar surface area (TPSA) is 110 Å². The molecule has 0 aliphatic carbocycles. The van der Waals surface area contributed by atoms with Gasteiger partial charge in [-0.1, -0.05) is 0 Å². The number of carboxylic acid groups (broad SMARTS) is 1. The highest BCUT2D eigenvalue weighted by Crippen LogP contribution is 2.22. The monoisotopic (exact) mass is 426 g/mol. The molecule has 0 atom stereocenters. The molecule has 118 valence electrons. The van der Waals surface area contributed by atoms with Crippen LogP contribution in [0.5, 0.6) is 0 Å². The number of aromatic carboxylic acids is 1. The van der Waals surface area contributed by atoms with Gasteiger partial charge in [0.15, 0.2) is 0 Å². The van der Waals surface area contributed by atoms with Gasteiger partial charge in [-0.05, 0) is 59.8 Å². The highest BCUT2D eigenvalue weighted by atomic mass is 127. The molecule has 2 N–H and O–H groups in total. The van der Waals surface area contributed by atoms with Gasteiger partial charge in [0.05, 0.1) is 16.2 Å². The van der Waals surface area contributed by atoms with Gasteiger partial charge in [0.25, 0.3) is 11.6 Å². The number of hydrogen-bond acceptors (Lipinski definition) is 4. The fraction of sp³-hybridized carbons (Fsp3) is 0.0667. The number of anilines is 1. The van der Waals surface area contributed by atoms with E-state index in [0.29, 0.717) is 5.56 Å². The molecule has 2 rings (SSSR count). The second kappa shape index (κ2) is 6.73. The van der Waals surface area contributed by atoms with Crippen molar-refractivity contribution < 1.29 is 19.6 Å². The SMILES string of the molecule is Cc1cc(C(=O)Nc2ccc(I)cc2C(=O)O)ccc1[N+](=O)[O-]. The summed E-state index contributed by atoms with van der Waals surface area (Å²) in [5.41, 5.74) is 0.622. The van der Waals surface area contributed by atoms with Crippen molar-refractivity contribution in [1.82, 2.24) is 0 Å². The quantitative estimate of drug-likeness (QED) is 0.442. The first-order valence-corrected chi connectivity index (χ1v) is 7.46. The number of nitro benzene ring substituents is 1. The molecule has 8 heteroatoms. The van der Waals surface area contributed by atoms with Crippen LogP contribution in [0.25, 0.3) is 0 Å². The standard InChI is InChI=1S/C15H11IN2O5/c1-8-6-9(2-5-13(8)18(22)23)14(19)17-12-4-3-10(16)7-11(12)15(20)21/h2-7H,1H3,(H,17,19)(H,20,21). The van der Waals surface area contributed by atoms with Crippen molar-refractivity contribution in [1.29, 1.82) is 0 Å². The van der Waals surface area contributed by atoms with Crippen LogP contribution in [-0.2, 0) is 0 Å². The summed E-state index contributed by atoms with van der Waals surface area (Å²) >= 11 is 1.97. The summed E-state index contributed by atoms with van der Waals surface area (Å²) in [6, 6.07) is 8.58. The van der Waals surface area contributed by atoms with Crippen molar-refractivity contribution in [2.75, 3.05) is 5.32 Å². The van der Waals surface area contributed by atoms with E-state index in [1.54, 1.807) is 6.07 Å². The molecular formula is C15H11IN2O5. The lowest BCUT2D eigenvalue weighted by Crippen LogP contribution is -2.15. The Hall–Kier alpha value is -2.49. The van der Waals surface area contributed by atoms with E-state index in [2.05, 4.69) is 5.32 Å². The first-order chi connectivity index (χ1) is 10.8. The average molecular weight is 426 g/mol. The second-order valence-electron chi connectivity index (χ2n) is 4.71. The van der Waals surface area contributed by atoms with Gasteiger partial charge in [-0.3, -0.25) is 14.9 Å². The highest BCUT2D eigenvalue weighted by Gasteiger charge is 2.16. The van der Waals surface area contributed by atoms with Crippen molar-refractivity contribution in [3.8, 4) is 0 Å². The molecule has 0 radical (unpaired) electrons. The summed E-state index contributed by atoms with van der Waals surface area (Å²) in [6.07, 6.45) is 0. The van der Waals surface area contributed by atoms with E-state index < -0.39 is 16.8 Å². The van der Waals surface area contributed by atoms with Crippen LogP contribution >= 0.6 is 22.6 Å². The van der Waals surface area contributed by atoms with E-state index in [-0.39, 0.29) is 22.5 Å². The Morgan fingerprint density at radius 1 is 1.22 bits per heavy atom. The molecule has 0 spiro atoms. The minimum Gasteiger partial charge on any atom is -0.478 e. The zero-order valence-electron chi connectivity index (χ0n) is 11.9. The number of carbonyl (C=O) groups excluding carboxylic acids is 1. The van der Waals surface area contributed by atoms with Crippen LogP contribution < -0.4 is 5.32 Å². The van der Waals surface area contributed by atoms with Crippen molar-refractivity contribution in [2.24, 2.45) is 0 Å². The maximum absolute atomic E-state index is 12.2. The van der Waals surface area contributed by atoms with Gasteiger partial charge in [-0.15, -0.1) is 0 Å². The summed E-state index contributed by atoms with van der Waals surface area (Å²) in [7, 11) is 0. The van der Waals surface area contributed by atoms with Gasteiger partial charge < -0.3 is 10.4 Å². The number of hydrogen-bond donors (Lipinski definition) is 2. The normalized spacial score (nSPS) is 10.2. The van der Waals surface area contributed by atoms with Crippen LogP contribution in [0, 0.1) is 20.6 Å². The van der Waals surface area contributed by atoms with Gasteiger partial charge in [-0.25, -0.2) is 4.79 Å². The lowest BCUT2D eigenvalue weighted by molar-refractivity contribution is -0.385. The van der Waals surface area contributed by atoms with E-state index >= 15 is 0 Å². The molecule has 1 amide bonds. The first-order valence-electron chi connectivity index (χ1n) is 6.39. The Balaban J connectivity index is 2.31. The van der Waals surface area contributed by atoms with Crippen molar-refractivity contribution in [2.45, 2.75) is 6.92 Å². The van der Waals surface area contributed by atoms with Crippen molar-refractivity contribution in [3.05, 3.63) is 66.8 Å². The maximum Gasteiger partial charge on any atom is 0.337 e. The molecular weight excluding hydrogens is 415 g/mol. The molecule has 7 nitrogen and oxygen atoms in total. The Morgan fingerprint density at radius 2 is 1.91 bits per heavy atom. The van der Waals surface area contributed by atoms with E-state index in [9.17, 15) is 24.8 Å². The zero-order valence-corrected chi connectivity index (χ0v) is 14.0. The largest absolute Gasteiger partial charge is 0.478 e. The van der Waals surface area contributed by atoms with Gasteiger partial charge in [0, 0.05) is 20.8 Å². The van der Waals surface area contributed by atoms with Crippen molar-refractivity contribution >= 4 is 45.8 Å². The number of nitrogens with zero attached hydrogens (tertiary/aromatic N) is 1. The van der Waals surface area contributed by atoms with E-state index in [1.165, 1.54) is 37.3 Å². The number of aryl methyl sites for hydroxylation is 1. The van der Waals surface area contributed by atoms with Crippen LogP contribution in [0.15, 0.2) is 36.4 Å². The van der Waals surface area contributed by atoms with Crippen LogP contribution in [0.4, 0.5) is 11.4 Å². The van der Waals surface area contributed by atoms with E-state index in [4.69, 9.17) is 0 Å². The number of halogens is 1. The molecule has 0 heterocycles. The minimum atomic E-state index is -1.15. The molecule has 0 unspecified atom stereocenters. The minimum absolute atomic E-state index is 0.0242. The second-order valence-corrected chi connectivity index (χ2v) is 5.95. The van der Waals surface area contributed by atoms with Gasteiger partial charge in [0.2, 0.25) is 0 Å². The third kappa shape index (κ3) is 3.83. The Labute approximate surface area is 144 Å². The Bertz CT molecular complexity index is 820. The van der Waals surface area contributed by atoms with Gasteiger partial charge >= 0.3 is 5.97 Å². The predicted molar refractivity (Wildman–Crippen MR) is 91.9 cm³/mol. The van der Waals surface area contributed by atoms with Crippen LogP contribution in [0.2, 0.25) is 0 Å². The van der Waals surface area contributed by atoms with Crippen LogP contribution in [0.1, 0.15) is 26.3 Å². The van der Waals surface area contributed by atoms with Gasteiger partial charge in [0.1, 0.15) is 0 Å². The van der Waals surface area contributed by atoms with E-state index in [0.717, 1.165) is 3.57 Å². The third-order valence-corrected chi connectivity index (χ3v) is 3.79. The lowest BCUT2D eigenvalue weighted by atomic mass is 10.1. The molecule has 0 saturated carbocycles. The fourth-order valence-electron chi connectivity index (χ4n) is 2.00. The lowest BCUT2D eigenvalue weighted by Gasteiger charge is -2.09. The van der Waals surface area contributed by atoms with Gasteiger partial charge in [-0.2, -0.15) is 0 Å². The number of rotatable bonds is 4. The number of benzene rings is 2. The van der Waals surface area contributed by atoms with Crippen LogP contribution in [-0.4, -0.2) is 21.9 Å². The molecule has 0 fully saturated rings. The summed E-state index contributed by atoms with van der Waals surface area (Å²) < 4.78 is 0.726. The average Bonchev–Trinajstić information content (AvgIpc) is 2.48. The number of nitro groups is 1. The molecule has 2 aromatic carbocycles. The number of nitrogens with one attached hydrogen (secondary N) is 1. The molecule has 0 aliphatic rings. The summed E-state index contributed by atoms with van der Waals surface area (Å²) in [6.45, 7) is 1.53. The first kappa shape index (κ1) is 16.9. The molecule has 0 aromatic heterocycles. The fourth-order valence-corrected chi connectivity index (χ4v) is 2.49. The smallest absolute Gasteiger partial charge is 0.337 e. The molecule has 0 aliphatic heterocycles. The Morgan fingerprint density at radius 3 is 2.48 bits per heavy atom. The summed E-state index contributed by atoms with van der Waals surface area (Å²) in [5, 5.41) is 22.5. The number of carboxylic acids is 1. The van der Waals surface area contributed by atoms with E-state index in [1.807, 2.05) is 22.6 Å². The highest BCUT2D eigenvalue weighted by molar-refractivity contribution is 14.1. The summed E-state index contributed by atoms with van der Waals surface area (Å²) in [4.78, 5) is 33.7. The van der Waals surface area contributed by atoms with Crippen LogP contribution in [0.3, 0.4) is 0 Å². The maximum atomic E-state index is 12.2. The van der Waals surface area contributed by atoms with Crippen molar-refractivity contribution in [3.63, 3.8) is 0 Å². The number of carbonyl (C=O) groups is 2. The molecule has 0 bridgehead atoms.